The predicted octanol–water partition coefficient (Wildman–Crippen LogP) is 2.28. The quantitative estimate of drug-likeness (QED) is 0.614. The van der Waals surface area contributed by atoms with Gasteiger partial charge in [-0.1, -0.05) is 6.07 Å². The molecule has 3 heterocycles. The highest BCUT2D eigenvalue weighted by molar-refractivity contribution is 5.41. The van der Waals surface area contributed by atoms with E-state index in [1.807, 2.05) is 6.92 Å². The van der Waals surface area contributed by atoms with Crippen LogP contribution in [0.1, 0.15) is 17.0 Å². The lowest BCUT2D eigenvalue weighted by molar-refractivity contribution is 0.780. The average molecular weight is 184 g/mol. The van der Waals surface area contributed by atoms with Gasteiger partial charge in [0, 0.05) is 17.6 Å². The zero-order valence-electron chi connectivity index (χ0n) is 8.20. The predicted molar refractivity (Wildman–Crippen MR) is 55.7 cm³/mol. The van der Waals surface area contributed by atoms with Crippen LogP contribution in [0, 0.1) is 6.92 Å². The van der Waals surface area contributed by atoms with Gasteiger partial charge in [0.15, 0.2) is 0 Å². The van der Waals surface area contributed by atoms with Crippen LogP contribution < -0.4 is 0 Å². The van der Waals surface area contributed by atoms with Crippen LogP contribution in [-0.2, 0) is 12.8 Å². The maximum atomic E-state index is 4.59. The number of aromatic nitrogens is 2. The van der Waals surface area contributed by atoms with E-state index in [2.05, 4.69) is 40.0 Å². The summed E-state index contributed by atoms with van der Waals surface area (Å²) in [5.41, 5.74) is 3.82. The topological polar surface area (TPSA) is 17.8 Å². The molecule has 0 bridgehead atoms. The van der Waals surface area contributed by atoms with Crippen LogP contribution in [0.5, 0.6) is 0 Å². The molecule has 2 aromatic heterocycles. The van der Waals surface area contributed by atoms with Crippen molar-refractivity contribution in [2.45, 2.75) is 19.8 Å². The summed E-state index contributed by atoms with van der Waals surface area (Å²) in [6, 6.07) is 8.55. The van der Waals surface area contributed by atoms with Crippen LogP contribution >= 0.6 is 0 Å². The lowest BCUT2D eigenvalue weighted by Gasteiger charge is -2.18. The van der Waals surface area contributed by atoms with E-state index in [0.29, 0.717) is 0 Å². The van der Waals surface area contributed by atoms with Gasteiger partial charge in [-0.05, 0) is 43.5 Å². The Bertz CT molecular complexity index is 483. The van der Waals surface area contributed by atoms with E-state index in [1.165, 1.54) is 11.3 Å². The molecule has 0 fully saturated rings. The molecule has 0 aliphatic carbocycles. The Morgan fingerprint density at radius 3 is 3.07 bits per heavy atom. The Balaban J connectivity index is 2.28. The molecule has 14 heavy (non-hydrogen) atoms. The van der Waals surface area contributed by atoms with E-state index in [1.54, 1.807) is 0 Å². The molecule has 0 radical (unpaired) electrons. The van der Waals surface area contributed by atoms with E-state index in [0.717, 1.165) is 24.4 Å². The monoisotopic (exact) mass is 184 g/mol. The first kappa shape index (κ1) is 7.80. The Kier molecular flexibility index (Phi) is 1.51. The largest absolute Gasteiger partial charge is 0.305 e. The number of fused-ring (bicyclic) bond motifs is 3. The lowest BCUT2D eigenvalue weighted by Crippen LogP contribution is -2.12. The fourth-order valence-corrected chi connectivity index (χ4v) is 2.06. The Hall–Kier alpha value is -1.57. The molecule has 1 aliphatic rings. The molecule has 0 unspecified atom stereocenters. The summed E-state index contributed by atoms with van der Waals surface area (Å²) in [6.07, 6.45) is 4.34. The first-order chi connectivity index (χ1) is 6.84. The molecule has 0 saturated heterocycles. The zero-order valence-corrected chi connectivity index (χ0v) is 8.20. The van der Waals surface area contributed by atoms with E-state index in [4.69, 9.17) is 0 Å². The minimum atomic E-state index is 1.09. The van der Waals surface area contributed by atoms with Crippen molar-refractivity contribution in [3.63, 3.8) is 0 Å². The van der Waals surface area contributed by atoms with Crippen molar-refractivity contribution in [2.75, 3.05) is 0 Å². The van der Waals surface area contributed by atoms with Gasteiger partial charge < -0.3 is 4.57 Å². The summed E-state index contributed by atoms with van der Waals surface area (Å²) in [7, 11) is 0. The molecule has 2 heteroatoms. The van der Waals surface area contributed by atoms with Gasteiger partial charge >= 0.3 is 0 Å². The van der Waals surface area contributed by atoms with Gasteiger partial charge in [0.2, 0.25) is 0 Å². The van der Waals surface area contributed by atoms with Gasteiger partial charge in [-0.2, -0.15) is 0 Å². The summed E-state index contributed by atoms with van der Waals surface area (Å²) in [6.45, 7) is 2.04. The van der Waals surface area contributed by atoms with Gasteiger partial charge in [-0.3, -0.25) is 0 Å². The van der Waals surface area contributed by atoms with E-state index >= 15 is 0 Å². The third kappa shape index (κ3) is 1.00. The van der Waals surface area contributed by atoms with Crippen LogP contribution in [0.2, 0.25) is 0 Å². The van der Waals surface area contributed by atoms with Crippen LogP contribution in [-0.4, -0.2) is 9.55 Å². The summed E-state index contributed by atoms with van der Waals surface area (Å²) >= 11 is 0. The fourth-order valence-electron chi connectivity index (χ4n) is 2.06. The molecular weight excluding hydrogens is 172 g/mol. The van der Waals surface area contributed by atoms with E-state index in [-0.39, 0.29) is 0 Å². The molecule has 0 N–H and O–H groups in total. The molecule has 0 aromatic carbocycles. The first-order valence-corrected chi connectivity index (χ1v) is 4.98. The third-order valence-corrected chi connectivity index (χ3v) is 2.81. The number of hydrogen-bond donors (Lipinski definition) is 0. The summed E-state index contributed by atoms with van der Waals surface area (Å²) in [4.78, 5) is 4.59. The van der Waals surface area contributed by atoms with Crippen molar-refractivity contribution in [1.29, 1.82) is 0 Å². The maximum absolute atomic E-state index is 4.59. The molecule has 1 aliphatic heterocycles. The van der Waals surface area contributed by atoms with Crippen molar-refractivity contribution in [3.05, 3.63) is 47.4 Å². The number of hydrogen-bond acceptors (Lipinski definition) is 1. The minimum absolute atomic E-state index is 1.09. The second kappa shape index (κ2) is 2.71. The maximum Gasteiger partial charge on any atom is 0.140 e. The van der Waals surface area contributed by atoms with Crippen molar-refractivity contribution in [2.24, 2.45) is 0 Å². The van der Waals surface area contributed by atoms with Crippen molar-refractivity contribution in [1.82, 2.24) is 9.55 Å². The molecule has 0 saturated carbocycles. The first-order valence-electron chi connectivity index (χ1n) is 4.98. The van der Waals surface area contributed by atoms with Gasteiger partial charge in [0.25, 0.3) is 0 Å². The van der Waals surface area contributed by atoms with Gasteiger partial charge in [0.1, 0.15) is 5.82 Å². The van der Waals surface area contributed by atoms with Crippen LogP contribution in [0.4, 0.5) is 0 Å². The lowest BCUT2D eigenvalue weighted by atomic mass is 10.1. The smallest absolute Gasteiger partial charge is 0.140 e. The second-order valence-corrected chi connectivity index (χ2v) is 3.80. The molecule has 0 amide bonds. The molecule has 2 nitrogen and oxygen atoms in total. The normalized spacial score (nSPS) is 13.5. The Morgan fingerprint density at radius 1 is 1.21 bits per heavy atom. The van der Waals surface area contributed by atoms with Crippen molar-refractivity contribution in [3.8, 4) is 5.82 Å². The van der Waals surface area contributed by atoms with Gasteiger partial charge in [-0.25, -0.2) is 4.98 Å². The van der Waals surface area contributed by atoms with E-state index in [9.17, 15) is 0 Å². The third-order valence-electron chi connectivity index (χ3n) is 2.81. The molecule has 0 spiro atoms. The summed E-state index contributed by atoms with van der Waals surface area (Å²) in [5, 5.41) is 0. The highest BCUT2D eigenvalue weighted by Gasteiger charge is 2.15. The summed E-state index contributed by atoms with van der Waals surface area (Å²) < 4.78 is 2.20. The standard InChI is InChI=1S/C12H12N2/c1-9-4-5-10-6-7-11-3-2-8-14(11)12(10)13-9/h2-5,8H,6-7H2,1H3. The van der Waals surface area contributed by atoms with Crippen molar-refractivity contribution >= 4 is 0 Å². The average Bonchev–Trinajstić information content (AvgIpc) is 2.65. The van der Waals surface area contributed by atoms with Crippen LogP contribution in [0.3, 0.4) is 0 Å². The second-order valence-electron chi connectivity index (χ2n) is 3.80. The number of nitrogens with zero attached hydrogens (tertiary/aromatic N) is 2. The van der Waals surface area contributed by atoms with Crippen molar-refractivity contribution < 1.29 is 0 Å². The van der Waals surface area contributed by atoms with E-state index < -0.39 is 0 Å². The highest BCUT2D eigenvalue weighted by Crippen LogP contribution is 2.23. The SMILES string of the molecule is Cc1ccc2c(n1)-n1cccc1CC2. The van der Waals surface area contributed by atoms with Gasteiger partial charge in [0.05, 0.1) is 0 Å². The molecule has 0 atom stereocenters. The fraction of sp³-hybridized carbons (Fsp3) is 0.250. The highest BCUT2D eigenvalue weighted by atomic mass is 15.1. The molecule has 70 valence electrons. The number of aryl methyl sites for hydroxylation is 3. The molecule has 2 aromatic rings. The number of pyridine rings is 1. The van der Waals surface area contributed by atoms with Crippen LogP contribution in [0.15, 0.2) is 30.5 Å². The van der Waals surface area contributed by atoms with Gasteiger partial charge in [-0.15, -0.1) is 0 Å². The molecule has 3 rings (SSSR count). The summed E-state index contributed by atoms with van der Waals surface area (Å²) in [5.74, 6) is 1.12. The zero-order chi connectivity index (χ0) is 9.54. The van der Waals surface area contributed by atoms with Crippen LogP contribution in [0.25, 0.3) is 5.82 Å². The number of rotatable bonds is 0. The molecular formula is C12H12N2. The minimum Gasteiger partial charge on any atom is -0.305 e. The Morgan fingerprint density at radius 2 is 2.14 bits per heavy atom. The Labute approximate surface area is 83.2 Å².